The first-order chi connectivity index (χ1) is 15.7. The van der Waals surface area contributed by atoms with Gasteiger partial charge in [0.05, 0.1) is 33.8 Å². The SMILES string of the molecule is CC1(O)CC(Nc2cc(-n3ccc(NCc4c(F)cccc4F)c(C=N)c3=O)c(Cl)cn2)C1. The van der Waals surface area contributed by atoms with Crippen LogP contribution in [-0.4, -0.2) is 32.5 Å². The van der Waals surface area contributed by atoms with Crippen LogP contribution in [0.4, 0.5) is 20.3 Å². The second kappa shape index (κ2) is 8.92. The van der Waals surface area contributed by atoms with Crippen LogP contribution in [0.25, 0.3) is 5.69 Å². The van der Waals surface area contributed by atoms with Crippen molar-refractivity contribution < 1.29 is 13.9 Å². The predicted molar refractivity (Wildman–Crippen MR) is 124 cm³/mol. The number of aromatic nitrogens is 2. The zero-order valence-corrected chi connectivity index (χ0v) is 18.5. The molecule has 33 heavy (non-hydrogen) atoms. The maximum Gasteiger partial charge on any atom is 0.266 e. The lowest BCUT2D eigenvalue weighted by atomic mass is 9.77. The largest absolute Gasteiger partial charge is 0.390 e. The van der Waals surface area contributed by atoms with Gasteiger partial charge in [-0.2, -0.15) is 0 Å². The highest BCUT2D eigenvalue weighted by Crippen LogP contribution is 2.34. The molecule has 0 radical (unpaired) electrons. The molecule has 1 fully saturated rings. The number of nitrogens with one attached hydrogen (secondary N) is 3. The maximum absolute atomic E-state index is 13.9. The summed E-state index contributed by atoms with van der Waals surface area (Å²) in [7, 11) is 0. The van der Waals surface area contributed by atoms with E-state index >= 15 is 0 Å². The van der Waals surface area contributed by atoms with E-state index in [2.05, 4.69) is 15.6 Å². The Morgan fingerprint density at radius 2 is 2.03 bits per heavy atom. The summed E-state index contributed by atoms with van der Waals surface area (Å²) in [5, 5.41) is 23.9. The number of halogens is 3. The van der Waals surface area contributed by atoms with Gasteiger partial charge in [0.1, 0.15) is 17.5 Å². The summed E-state index contributed by atoms with van der Waals surface area (Å²) in [6, 6.07) is 6.78. The number of nitrogens with zero attached hydrogens (tertiary/aromatic N) is 2. The minimum atomic E-state index is -0.705. The summed E-state index contributed by atoms with van der Waals surface area (Å²) in [4.78, 5) is 17.3. The van der Waals surface area contributed by atoms with Crippen molar-refractivity contribution in [3.05, 3.63) is 80.9 Å². The lowest BCUT2D eigenvalue weighted by Gasteiger charge is -2.41. The number of hydrogen-bond acceptors (Lipinski definition) is 6. The Labute approximate surface area is 193 Å². The van der Waals surface area contributed by atoms with Crippen LogP contribution in [-0.2, 0) is 6.54 Å². The Hall–Kier alpha value is -3.30. The Kier molecular flexibility index (Phi) is 6.18. The quantitative estimate of drug-likeness (QED) is 0.387. The number of rotatable bonds is 7. The van der Waals surface area contributed by atoms with Crippen LogP contribution < -0.4 is 16.2 Å². The van der Waals surface area contributed by atoms with Crippen LogP contribution in [0.2, 0.25) is 5.02 Å². The molecule has 2 aromatic heterocycles. The lowest BCUT2D eigenvalue weighted by molar-refractivity contribution is -0.0235. The molecule has 1 saturated carbocycles. The molecule has 1 aliphatic rings. The molecule has 4 N–H and O–H groups in total. The highest BCUT2D eigenvalue weighted by molar-refractivity contribution is 6.32. The fourth-order valence-corrected chi connectivity index (χ4v) is 4.12. The van der Waals surface area contributed by atoms with Gasteiger partial charge in [-0.1, -0.05) is 17.7 Å². The molecule has 172 valence electrons. The average molecular weight is 474 g/mol. The van der Waals surface area contributed by atoms with E-state index < -0.39 is 22.8 Å². The zero-order chi connectivity index (χ0) is 23.8. The molecule has 0 atom stereocenters. The number of aliphatic hydroxyl groups is 1. The van der Waals surface area contributed by atoms with Gasteiger partial charge in [-0.3, -0.25) is 9.36 Å². The van der Waals surface area contributed by atoms with Gasteiger partial charge >= 0.3 is 0 Å². The molecule has 0 aliphatic heterocycles. The Bertz CT molecular complexity index is 1250. The van der Waals surface area contributed by atoms with Crippen LogP contribution in [0.15, 0.2) is 47.5 Å². The molecule has 0 unspecified atom stereocenters. The molecule has 4 rings (SSSR count). The van der Waals surface area contributed by atoms with E-state index in [1.165, 1.54) is 29.1 Å². The fourth-order valence-electron chi connectivity index (χ4n) is 3.92. The molecule has 0 amide bonds. The van der Waals surface area contributed by atoms with Crippen molar-refractivity contribution in [2.75, 3.05) is 10.6 Å². The Balaban J connectivity index is 1.61. The summed E-state index contributed by atoms with van der Waals surface area (Å²) in [5.41, 5.74) is -0.770. The van der Waals surface area contributed by atoms with Gasteiger partial charge in [0.25, 0.3) is 5.56 Å². The molecule has 0 saturated heterocycles. The molecule has 1 aromatic carbocycles. The molecule has 2 heterocycles. The van der Waals surface area contributed by atoms with E-state index in [-0.39, 0.29) is 34.4 Å². The van der Waals surface area contributed by atoms with Gasteiger partial charge in [-0.15, -0.1) is 0 Å². The van der Waals surface area contributed by atoms with Gasteiger partial charge in [0.15, 0.2) is 0 Å². The first-order valence-electron chi connectivity index (χ1n) is 10.3. The summed E-state index contributed by atoms with van der Waals surface area (Å²) >= 11 is 6.30. The standard InChI is InChI=1S/C23H22ClF2N5O2/c1-23(33)8-13(9-23)30-21-7-20(16(24)12-29-21)31-6-5-19(14(10-27)22(31)32)28-11-15-17(25)3-2-4-18(15)26/h2-7,10,12-13,27-28,33H,8-9,11H2,1H3,(H,29,30). The van der Waals surface area contributed by atoms with Gasteiger partial charge in [-0.05, 0) is 38.0 Å². The maximum atomic E-state index is 13.9. The zero-order valence-electron chi connectivity index (χ0n) is 17.7. The smallest absolute Gasteiger partial charge is 0.266 e. The first-order valence-corrected chi connectivity index (χ1v) is 10.6. The lowest BCUT2D eigenvalue weighted by Crippen LogP contribution is -2.48. The molecule has 0 bridgehead atoms. The fraction of sp³-hybridized carbons (Fsp3) is 0.261. The third-order valence-corrected chi connectivity index (χ3v) is 5.90. The number of anilines is 2. The van der Waals surface area contributed by atoms with Crippen molar-refractivity contribution >= 4 is 29.3 Å². The molecular formula is C23H22ClF2N5O2. The minimum Gasteiger partial charge on any atom is -0.390 e. The van der Waals surface area contributed by atoms with Gasteiger partial charge in [0.2, 0.25) is 0 Å². The van der Waals surface area contributed by atoms with Crippen LogP contribution in [0.5, 0.6) is 0 Å². The first kappa shape index (κ1) is 22.9. The van der Waals surface area contributed by atoms with Gasteiger partial charge in [0, 0.05) is 36.6 Å². The van der Waals surface area contributed by atoms with Crippen LogP contribution in [0.3, 0.4) is 0 Å². The number of benzene rings is 1. The van der Waals surface area contributed by atoms with E-state index in [9.17, 15) is 18.7 Å². The summed E-state index contributed by atoms with van der Waals surface area (Å²) in [6.07, 6.45) is 4.92. The molecule has 1 aliphatic carbocycles. The second-order valence-corrected chi connectivity index (χ2v) is 8.69. The molecular weight excluding hydrogens is 452 g/mol. The summed E-state index contributed by atoms with van der Waals surface area (Å²) < 4.78 is 29.1. The highest BCUT2D eigenvalue weighted by atomic mass is 35.5. The van der Waals surface area contributed by atoms with E-state index in [0.29, 0.717) is 24.3 Å². The second-order valence-electron chi connectivity index (χ2n) is 8.28. The van der Waals surface area contributed by atoms with Crippen molar-refractivity contribution in [3.8, 4) is 5.69 Å². The predicted octanol–water partition coefficient (Wildman–Crippen LogP) is 4.10. The van der Waals surface area contributed by atoms with Crippen molar-refractivity contribution in [3.63, 3.8) is 0 Å². The van der Waals surface area contributed by atoms with E-state index in [1.54, 1.807) is 13.0 Å². The summed E-state index contributed by atoms with van der Waals surface area (Å²) in [5.74, 6) is -0.914. The molecule has 10 heteroatoms. The number of pyridine rings is 2. The van der Waals surface area contributed by atoms with Crippen molar-refractivity contribution in [1.29, 1.82) is 5.41 Å². The minimum absolute atomic E-state index is 0.00618. The molecule has 0 spiro atoms. The normalized spacial score (nSPS) is 19.6. The monoisotopic (exact) mass is 473 g/mol. The van der Waals surface area contributed by atoms with Crippen molar-refractivity contribution in [2.45, 2.75) is 38.0 Å². The van der Waals surface area contributed by atoms with E-state index in [4.69, 9.17) is 17.0 Å². The highest BCUT2D eigenvalue weighted by Gasteiger charge is 2.38. The summed E-state index contributed by atoms with van der Waals surface area (Å²) in [6.45, 7) is 1.57. The topological polar surface area (TPSA) is 103 Å². The Morgan fingerprint density at radius 3 is 2.67 bits per heavy atom. The Morgan fingerprint density at radius 1 is 1.33 bits per heavy atom. The third-order valence-electron chi connectivity index (χ3n) is 5.61. The van der Waals surface area contributed by atoms with Gasteiger partial charge < -0.3 is 21.1 Å². The van der Waals surface area contributed by atoms with Crippen molar-refractivity contribution in [2.24, 2.45) is 0 Å². The van der Waals surface area contributed by atoms with Gasteiger partial charge in [-0.25, -0.2) is 13.8 Å². The van der Waals surface area contributed by atoms with E-state index in [1.807, 2.05) is 0 Å². The van der Waals surface area contributed by atoms with Crippen molar-refractivity contribution in [1.82, 2.24) is 9.55 Å². The number of hydrogen-bond donors (Lipinski definition) is 4. The van der Waals surface area contributed by atoms with Crippen LogP contribution >= 0.6 is 11.6 Å². The van der Waals surface area contributed by atoms with E-state index in [0.717, 1.165) is 18.3 Å². The molecule has 7 nitrogen and oxygen atoms in total. The van der Waals surface area contributed by atoms with Crippen LogP contribution in [0, 0.1) is 17.0 Å². The van der Waals surface area contributed by atoms with Crippen LogP contribution in [0.1, 0.15) is 30.9 Å². The molecule has 3 aromatic rings. The third kappa shape index (κ3) is 4.74. The average Bonchev–Trinajstić information content (AvgIpc) is 2.74.